The largest absolute Gasteiger partial charge is 0.481 e. The fourth-order valence-corrected chi connectivity index (χ4v) is 2.63. The molecule has 19 heavy (non-hydrogen) atoms. The van der Waals surface area contributed by atoms with Crippen LogP contribution in [0.1, 0.15) is 24.9 Å². The summed E-state index contributed by atoms with van der Waals surface area (Å²) in [6.07, 6.45) is 0.0648. The molecule has 0 aliphatic carbocycles. The lowest BCUT2D eigenvalue weighted by Crippen LogP contribution is -2.68. The van der Waals surface area contributed by atoms with Crippen LogP contribution in [0.2, 0.25) is 0 Å². The average molecular weight is 266 g/mol. The maximum atomic E-state index is 13.8. The van der Waals surface area contributed by atoms with E-state index in [2.05, 4.69) is 5.32 Å². The Balaban J connectivity index is 2.21. The highest BCUT2D eigenvalue weighted by molar-refractivity contribution is 5.69. The molecule has 2 rings (SSSR count). The minimum atomic E-state index is -0.825. The number of halogens is 1. The maximum absolute atomic E-state index is 13.8. The molecule has 0 radical (unpaired) electrons. The van der Waals surface area contributed by atoms with Crippen molar-refractivity contribution in [1.29, 1.82) is 0 Å². The SMILES string of the molecule is CC(c1ccccc1F)N(C)C1(CC(=O)O)CNC1. The molecule has 0 spiro atoms. The predicted octanol–water partition coefficient (Wildman–Crippen LogP) is 1.64. The summed E-state index contributed by atoms with van der Waals surface area (Å²) in [5.74, 6) is -1.08. The van der Waals surface area contributed by atoms with Crippen LogP contribution in [-0.4, -0.2) is 41.7 Å². The Kier molecular flexibility index (Phi) is 3.87. The standard InChI is InChI=1S/C14H19FN2O2/c1-10(11-5-3-4-6-12(11)15)17(2)14(7-13(18)19)8-16-9-14/h3-6,10,16H,7-9H2,1-2H3,(H,18,19). The molecule has 0 amide bonds. The summed E-state index contributed by atoms with van der Waals surface area (Å²) < 4.78 is 13.8. The Bertz CT molecular complexity index is 474. The third-order valence-electron chi connectivity index (χ3n) is 4.07. The first-order chi connectivity index (χ1) is 8.96. The summed E-state index contributed by atoms with van der Waals surface area (Å²) in [7, 11) is 1.86. The molecule has 2 N–H and O–H groups in total. The second-order valence-electron chi connectivity index (χ2n) is 5.21. The second kappa shape index (κ2) is 5.27. The van der Waals surface area contributed by atoms with Crippen LogP contribution in [0.15, 0.2) is 24.3 Å². The first-order valence-corrected chi connectivity index (χ1v) is 6.36. The molecule has 1 saturated heterocycles. The minimum absolute atomic E-state index is 0.0648. The van der Waals surface area contributed by atoms with Crippen LogP contribution in [0.25, 0.3) is 0 Å². The van der Waals surface area contributed by atoms with Crippen molar-refractivity contribution in [2.45, 2.75) is 24.9 Å². The predicted molar refractivity (Wildman–Crippen MR) is 70.4 cm³/mol. The van der Waals surface area contributed by atoms with Crippen molar-refractivity contribution in [2.24, 2.45) is 0 Å². The van der Waals surface area contributed by atoms with Crippen molar-refractivity contribution in [3.63, 3.8) is 0 Å². The van der Waals surface area contributed by atoms with Gasteiger partial charge in [0.05, 0.1) is 12.0 Å². The lowest BCUT2D eigenvalue weighted by atomic mass is 9.85. The Morgan fingerprint density at radius 2 is 2.16 bits per heavy atom. The van der Waals surface area contributed by atoms with Crippen molar-refractivity contribution >= 4 is 5.97 Å². The summed E-state index contributed by atoms with van der Waals surface area (Å²) in [6.45, 7) is 3.14. The van der Waals surface area contributed by atoms with Crippen LogP contribution in [-0.2, 0) is 4.79 Å². The van der Waals surface area contributed by atoms with E-state index >= 15 is 0 Å². The zero-order chi connectivity index (χ0) is 14.0. The number of hydrogen-bond acceptors (Lipinski definition) is 3. The van der Waals surface area contributed by atoms with Gasteiger partial charge in [0.25, 0.3) is 0 Å². The summed E-state index contributed by atoms with van der Waals surface area (Å²) >= 11 is 0. The first kappa shape index (κ1) is 14.0. The van der Waals surface area contributed by atoms with E-state index in [0.29, 0.717) is 18.7 Å². The smallest absolute Gasteiger partial charge is 0.305 e. The van der Waals surface area contributed by atoms with E-state index in [1.807, 2.05) is 18.9 Å². The molecular formula is C14H19FN2O2. The average Bonchev–Trinajstić information content (AvgIpc) is 2.32. The van der Waals surface area contributed by atoms with Crippen molar-refractivity contribution < 1.29 is 14.3 Å². The fraction of sp³-hybridized carbons (Fsp3) is 0.500. The molecule has 1 aliphatic heterocycles. The van der Waals surface area contributed by atoms with Gasteiger partial charge in [0.2, 0.25) is 0 Å². The second-order valence-corrected chi connectivity index (χ2v) is 5.21. The van der Waals surface area contributed by atoms with Crippen molar-refractivity contribution in [3.05, 3.63) is 35.6 Å². The van der Waals surface area contributed by atoms with Gasteiger partial charge in [0, 0.05) is 24.7 Å². The topological polar surface area (TPSA) is 52.6 Å². The first-order valence-electron chi connectivity index (χ1n) is 6.36. The van der Waals surface area contributed by atoms with Gasteiger partial charge >= 0.3 is 5.97 Å². The molecule has 1 unspecified atom stereocenters. The van der Waals surface area contributed by atoms with Gasteiger partial charge in [-0.2, -0.15) is 0 Å². The molecule has 0 saturated carbocycles. The normalized spacial score (nSPS) is 18.9. The summed E-state index contributed by atoms with van der Waals surface area (Å²) in [4.78, 5) is 13.0. The Hall–Kier alpha value is -1.46. The van der Waals surface area contributed by atoms with E-state index in [0.717, 1.165) is 0 Å². The quantitative estimate of drug-likeness (QED) is 0.850. The monoisotopic (exact) mass is 266 g/mol. The van der Waals surface area contributed by atoms with E-state index in [4.69, 9.17) is 5.11 Å². The lowest BCUT2D eigenvalue weighted by Gasteiger charge is -2.50. The number of nitrogens with zero attached hydrogens (tertiary/aromatic N) is 1. The summed E-state index contributed by atoms with van der Waals surface area (Å²) in [5.41, 5.74) is 0.176. The van der Waals surface area contributed by atoms with E-state index in [1.54, 1.807) is 18.2 Å². The molecule has 1 atom stereocenters. The van der Waals surface area contributed by atoms with Crippen molar-refractivity contribution in [1.82, 2.24) is 10.2 Å². The highest BCUT2D eigenvalue weighted by Crippen LogP contribution is 2.32. The van der Waals surface area contributed by atoms with Crippen LogP contribution in [0, 0.1) is 5.82 Å². The number of aliphatic carboxylic acids is 1. The van der Waals surface area contributed by atoms with Gasteiger partial charge in [-0.15, -0.1) is 0 Å². The molecule has 1 fully saturated rings. The van der Waals surface area contributed by atoms with E-state index in [-0.39, 0.29) is 18.3 Å². The van der Waals surface area contributed by atoms with Crippen LogP contribution in [0.5, 0.6) is 0 Å². The highest BCUT2D eigenvalue weighted by Gasteiger charge is 2.44. The number of carboxylic acids is 1. The van der Waals surface area contributed by atoms with E-state index in [9.17, 15) is 9.18 Å². The van der Waals surface area contributed by atoms with E-state index in [1.165, 1.54) is 6.07 Å². The van der Waals surface area contributed by atoms with Gasteiger partial charge in [-0.1, -0.05) is 18.2 Å². The maximum Gasteiger partial charge on any atom is 0.305 e. The molecule has 0 aromatic heterocycles. The number of carboxylic acid groups (broad SMARTS) is 1. The Morgan fingerprint density at radius 1 is 1.53 bits per heavy atom. The number of carbonyl (C=O) groups is 1. The Morgan fingerprint density at radius 3 is 2.63 bits per heavy atom. The third-order valence-corrected chi connectivity index (χ3v) is 4.07. The molecule has 1 aromatic carbocycles. The number of likely N-dealkylation sites (N-methyl/N-ethyl adjacent to an activating group) is 1. The number of benzene rings is 1. The van der Waals surface area contributed by atoms with Gasteiger partial charge in [-0.3, -0.25) is 9.69 Å². The lowest BCUT2D eigenvalue weighted by molar-refractivity contribution is -0.142. The molecule has 5 heteroatoms. The van der Waals surface area contributed by atoms with Crippen LogP contribution >= 0.6 is 0 Å². The van der Waals surface area contributed by atoms with Gasteiger partial charge < -0.3 is 10.4 Å². The van der Waals surface area contributed by atoms with Crippen molar-refractivity contribution in [2.75, 3.05) is 20.1 Å². The molecular weight excluding hydrogens is 247 g/mol. The van der Waals surface area contributed by atoms with Crippen molar-refractivity contribution in [3.8, 4) is 0 Å². The zero-order valence-electron chi connectivity index (χ0n) is 11.2. The highest BCUT2D eigenvalue weighted by atomic mass is 19.1. The molecule has 1 aromatic rings. The molecule has 1 aliphatic rings. The summed E-state index contributed by atoms with van der Waals surface area (Å²) in [6, 6.07) is 6.47. The van der Waals surface area contributed by atoms with Gasteiger partial charge in [0.1, 0.15) is 5.82 Å². The third kappa shape index (κ3) is 2.62. The molecule has 0 bridgehead atoms. The number of hydrogen-bond donors (Lipinski definition) is 2. The van der Waals surface area contributed by atoms with Crippen LogP contribution in [0.4, 0.5) is 4.39 Å². The Labute approximate surface area is 112 Å². The zero-order valence-corrected chi connectivity index (χ0v) is 11.2. The number of rotatable bonds is 5. The van der Waals surface area contributed by atoms with Gasteiger partial charge in [-0.05, 0) is 20.0 Å². The molecule has 4 nitrogen and oxygen atoms in total. The summed E-state index contributed by atoms with van der Waals surface area (Å²) in [5, 5.41) is 12.2. The molecule has 1 heterocycles. The van der Waals surface area contributed by atoms with E-state index < -0.39 is 11.5 Å². The minimum Gasteiger partial charge on any atom is -0.481 e. The number of nitrogens with one attached hydrogen (secondary N) is 1. The van der Waals surface area contributed by atoms with Crippen LogP contribution < -0.4 is 5.32 Å². The van der Waals surface area contributed by atoms with Crippen LogP contribution in [0.3, 0.4) is 0 Å². The fourth-order valence-electron chi connectivity index (χ4n) is 2.63. The molecule has 104 valence electrons. The van der Waals surface area contributed by atoms with Gasteiger partial charge in [0.15, 0.2) is 0 Å². The van der Waals surface area contributed by atoms with Gasteiger partial charge in [-0.25, -0.2) is 4.39 Å².